The lowest BCUT2D eigenvalue weighted by atomic mass is 10.2. The van der Waals surface area contributed by atoms with Crippen molar-refractivity contribution in [2.24, 2.45) is 0 Å². The monoisotopic (exact) mass is 351 g/mol. The van der Waals surface area contributed by atoms with E-state index in [2.05, 4.69) is 37.2 Å². The standard InChI is InChI=1S/C11H15Br2NO2/c1-7(11(15-2)16-3)14-10-6-8(12)4-5-9(10)13/h4-7,11,14H,1-3H3. The second-order valence-electron chi connectivity index (χ2n) is 3.40. The van der Waals surface area contributed by atoms with E-state index in [-0.39, 0.29) is 12.3 Å². The Morgan fingerprint density at radius 3 is 2.38 bits per heavy atom. The van der Waals surface area contributed by atoms with E-state index >= 15 is 0 Å². The Morgan fingerprint density at radius 1 is 1.19 bits per heavy atom. The zero-order valence-corrected chi connectivity index (χ0v) is 12.6. The van der Waals surface area contributed by atoms with Crippen molar-refractivity contribution in [3.05, 3.63) is 27.1 Å². The van der Waals surface area contributed by atoms with E-state index < -0.39 is 0 Å². The van der Waals surface area contributed by atoms with Crippen LogP contribution in [0.1, 0.15) is 6.92 Å². The summed E-state index contributed by atoms with van der Waals surface area (Å²) >= 11 is 6.92. The number of nitrogens with one attached hydrogen (secondary N) is 1. The lowest BCUT2D eigenvalue weighted by Gasteiger charge is -2.23. The fourth-order valence-electron chi connectivity index (χ4n) is 1.43. The molecule has 1 rings (SSSR count). The maximum Gasteiger partial charge on any atom is 0.176 e. The minimum absolute atomic E-state index is 0.0561. The molecule has 0 bridgehead atoms. The highest BCUT2D eigenvalue weighted by Crippen LogP contribution is 2.27. The molecule has 0 fully saturated rings. The second-order valence-corrected chi connectivity index (χ2v) is 5.17. The highest BCUT2D eigenvalue weighted by molar-refractivity contribution is 9.11. The molecule has 0 amide bonds. The molecule has 0 heterocycles. The molecular formula is C11H15Br2NO2. The van der Waals surface area contributed by atoms with Gasteiger partial charge in [-0.25, -0.2) is 0 Å². The van der Waals surface area contributed by atoms with Gasteiger partial charge in [-0.3, -0.25) is 0 Å². The summed E-state index contributed by atoms with van der Waals surface area (Å²) in [4.78, 5) is 0. The van der Waals surface area contributed by atoms with Crippen LogP contribution in [0.2, 0.25) is 0 Å². The molecule has 0 saturated heterocycles. The van der Waals surface area contributed by atoms with Gasteiger partial charge in [0.15, 0.2) is 6.29 Å². The van der Waals surface area contributed by atoms with Crippen molar-refractivity contribution in [2.75, 3.05) is 19.5 Å². The molecule has 0 spiro atoms. The molecule has 16 heavy (non-hydrogen) atoms. The van der Waals surface area contributed by atoms with E-state index in [0.29, 0.717) is 0 Å². The SMILES string of the molecule is COC(OC)C(C)Nc1cc(Br)ccc1Br. The first-order valence-electron chi connectivity index (χ1n) is 4.85. The maximum atomic E-state index is 5.19. The molecule has 0 aliphatic rings. The third kappa shape index (κ3) is 3.73. The Morgan fingerprint density at radius 2 is 1.81 bits per heavy atom. The lowest BCUT2D eigenvalue weighted by molar-refractivity contribution is -0.109. The number of anilines is 1. The molecule has 0 aliphatic heterocycles. The average molecular weight is 353 g/mol. The van der Waals surface area contributed by atoms with Gasteiger partial charge in [0.25, 0.3) is 0 Å². The van der Waals surface area contributed by atoms with Crippen molar-refractivity contribution in [3.63, 3.8) is 0 Å². The zero-order valence-electron chi connectivity index (χ0n) is 9.46. The van der Waals surface area contributed by atoms with E-state index in [1.807, 2.05) is 25.1 Å². The van der Waals surface area contributed by atoms with Crippen LogP contribution >= 0.6 is 31.9 Å². The van der Waals surface area contributed by atoms with Crippen LogP contribution in [-0.2, 0) is 9.47 Å². The normalized spacial score (nSPS) is 12.9. The molecule has 1 atom stereocenters. The molecule has 0 aliphatic carbocycles. The van der Waals surface area contributed by atoms with Gasteiger partial charge in [0.2, 0.25) is 0 Å². The minimum Gasteiger partial charge on any atom is -0.377 e. The van der Waals surface area contributed by atoms with Crippen LogP contribution in [0.3, 0.4) is 0 Å². The van der Waals surface area contributed by atoms with Gasteiger partial charge in [0.1, 0.15) is 0 Å². The smallest absolute Gasteiger partial charge is 0.176 e. The summed E-state index contributed by atoms with van der Waals surface area (Å²) in [6.07, 6.45) is -0.272. The van der Waals surface area contributed by atoms with Crippen molar-refractivity contribution in [2.45, 2.75) is 19.3 Å². The van der Waals surface area contributed by atoms with Crippen LogP contribution in [0, 0.1) is 0 Å². The Kier molecular flexibility index (Phi) is 5.75. The van der Waals surface area contributed by atoms with Crippen molar-refractivity contribution < 1.29 is 9.47 Å². The van der Waals surface area contributed by atoms with Crippen molar-refractivity contribution in [3.8, 4) is 0 Å². The number of ether oxygens (including phenoxy) is 2. The molecule has 1 aromatic carbocycles. The molecule has 1 N–H and O–H groups in total. The van der Waals surface area contributed by atoms with Crippen molar-refractivity contribution in [1.82, 2.24) is 0 Å². The van der Waals surface area contributed by atoms with Crippen LogP contribution in [-0.4, -0.2) is 26.6 Å². The third-order valence-corrected chi connectivity index (χ3v) is 3.37. The Bertz CT molecular complexity index is 343. The van der Waals surface area contributed by atoms with Gasteiger partial charge in [0, 0.05) is 28.9 Å². The third-order valence-electron chi connectivity index (χ3n) is 2.18. The first kappa shape index (κ1) is 14.0. The number of halogens is 2. The van der Waals surface area contributed by atoms with Gasteiger partial charge in [-0.05, 0) is 41.1 Å². The maximum absolute atomic E-state index is 5.19. The van der Waals surface area contributed by atoms with E-state index in [9.17, 15) is 0 Å². The summed E-state index contributed by atoms with van der Waals surface area (Å²) in [5, 5.41) is 3.33. The minimum atomic E-state index is -0.272. The Labute approximate surface area is 113 Å². The number of methoxy groups -OCH3 is 2. The summed E-state index contributed by atoms with van der Waals surface area (Å²) in [6, 6.07) is 6.02. The van der Waals surface area contributed by atoms with Gasteiger partial charge in [0.05, 0.1) is 6.04 Å². The van der Waals surface area contributed by atoms with E-state index in [0.717, 1.165) is 14.6 Å². The van der Waals surface area contributed by atoms with Crippen molar-refractivity contribution in [1.29, 1.82) is 0 Å². The lowest BCUT2D eigenvalue weighted by Crippen LogP contribution is -2.33. The average Bonchev–Trinajstić information content (AvgIpc) is 2.25. The number of rotatable bonds is 5. The molecule has 0 aromatic heterocycles. The van der Waals surface area contributed by atoms with Crippen LogP contribution in [0.25, 0.3) is 0 Å². The summed E-state index contributed by atoms with van der Waals surface area (Å²) < 4.78 is 12.4. The molecule has 90 valence electrons. The first-order valence-corrected chi connectivity index (χ1v) is 6.44. The van der Waals surface area contributed by atoms with Crippen LogP contribution in [0.5, 0.6) is 0 Å². The van der Waals surface area contributed by atoms with E-state index in [4.69, 9.17) is 9.47 Å². The molecule has 5 heteroatoms. The summed E-state index contributed by atoms with van der Waals surface area (Å²) in [7, 11) is 3.25. The molecule has 3 nitrogen and oxygen atoms in total. The highest BCUT2D eigenvalue weighted by Gasteiger charge is 2.16. The second kappa shape index (κ2) is 6.59. The summed E-state index contributed by atoms with van der Waals surface area (Å²) in [6.45, 7) is 2.00. The van der Waals surface area contributed by atoms with E-state index in [1.165, 1.54) is 0 Å². The molecule has 0 radical (unpaired) electrons. The molecule has 1 aromatic rings. The Hall–Kier alpha value is -0.100. The van der Waals surface area contributed by atoms with Gasteiger partial charge in [-0.2, -0.15) is 0 Å². The van der Waals surface area contributed by atoms with E-state index in [1.54, 1.807) is 14.2 Å². The van der Waals surface area contributed by atoms with Crippen LogP contribution in [0.15, 0.2) is 27.1 Å². The fraction of sp³-hybridized carbons (Fsp3) is 0.455. The topological polar surface area (TPSA) is 30.5 Å². The van der Waals surface area contributed by atoms with Crippen LogP contribution in [0.4, 0.5) is 5.69 Å². The number of benzene rings is 1. The van der Waals surface area contributed by atoms with Gasteiger partial charge in [-0.1, -0.05) is 15.9 Å². The number of hydrogen-bond acceptors (Lipinski definition) is 3. The predicted octanol–water partition coefficient (Wildman–Crippen LogP) is 3.63. The summed E-state index contributed by atoms with van der Waals surface area (Å²) in [5.74, 6) is 0. The highest BCUT2D eigenvalue weighted by atomic mass is 79.9. The fourth-order valence-corrected chi connectivity index (χ4v) is 2.15. The molecule has 0 saturated carbocycles. The van der Waals surface area contributed by atoms with Crippen LogP contribution < -0.4 is 5.32 Å². The van der Waals surface area contributed by atoms with Gasteiger partial charge >= 0.3 is 0 Å². The Balaban J connectivity index is 2.75. The zero-order chi connectivity index (χ0) is 12.1. The number of hydrogen-bond donors (Lipinski definition) is 1. The molecule has 1 unspecified atom stereocenters. The summed E-state index contributed by atoms with van der Waals surface area (Å²) in [5.41, 5.74) is 1.00. The largest absolute Gasteiger partial charge is 0.377 e. The van der Waals surface area contributed by atoms with Gasteiger partial charge in [-0.15, -0.1) is 0 Å². The first-order chi connectivity index (χ1) is 7.58. The van der Waals surface area contributed by atoms with Crippen molar-refractivity contribution >= 4 is 37.5 Å². The van der Waals surface area contributed by atoms with Gasteiger partial charge < -0.3 is 14.8 Å². The predicted molar refractivity (Wildman–Crippen MR) is 72.7 cm³/mol. The molecular weight excluding hydrogens is 338 g/mol. The quantitative estimate of drug-likeness (QED) is 0.821.